The molecule has 0 saturated heterocycles. The van der Waals surface area contributed by atoms with E-state index in [1.165, 1.54) is 0 Å². The normalized spacial score (nSPS) is 12.2. The second-order valence-corrected chi connectivity index (χ2v) is 7.56. The van der Waals surface area contributed by atoms with Crippen molar-refractivity contribution in [3.8, 4) is 11.4 Å². The molecule has 2 heterocycles. The fraction of sp³-hybridized carbons (Fsp3) is 0.227. The van der Waals surface area contributed by atoms with E-state index in [-0.39, 0.29) is 18.5 Å². The fourth-order valence-electron chi connectivity index (χ4n) is 3.25. The number of benzene rings is 2. The van der Waals surface area contributed by atoms with Gasteiger partial charge in [0.15, 0.2) is 10.6 Å². The lowest BCUT2D eigenvalue weighted by Crippen LogP contribution is -2.32. The molecular weight excluding hydrogens is 384 g/mol. The first-order chi connectivity index (χ1) is 13.9. The number of nitrogens with one attached hydrogen (secondary N) is 1. The van der Waals surface area contributed by atoms with Gasteiger partial charge in [-0.2, -0.15) is 5.10 Å². The molecule has 0 aliphatic rings. The van der Waals surface area contributed by atoms with Gasteiger partial charge >= 0.3 is 0 Å². The van der Waals surface area contributed by atoms with Crippen molar-refractivity contribution in [2.24, 2.45) is 0 Å². The number of amides is 1. The van der Waals surface area contributed by atoms with Crippen LogP contribution in [-0.2, 0) is 11.3 Å². The molecule has 2 aromatic heterocycles. The molecule has 4 aromatic rings. The minimum Gasteiger partial charge on any atom is -0.459 e. The molecule has 0 radical (unpaired) electrons. The molecule has 148 valence electrons. The third-order valence-electron chi connectivity index (χ3n) is 5.19. The zero-order chi connectivity index (χ0) is 20.5. The first-order valence-corrected chi connectivity index (χ1v) is 9.81. The number of rotatable bonds is 5. The maximum absolute atomic E-state index is 13.0. The smallest absolute Gasteiger partial charge is 0.243 e. The van der Waals surface area contributed by atoms with Crippen molar-refractivity contribution in [1.29, 1.82) is 0 Å². The van der Waals surface area contributed by atoms with E-state index in [9.17, 15) is 4.79 Å². The molecule has 1 N–H and O–H groups in total. The summed E-state index contributed by atoms with van der Waals surface area (Å²) < 4.78 is 8.07. The van der Waals surface area contributed by atoms with Gasteiger partial charge in [0, 0.05) is 18.0 Å². The van der Waals surface area contributed by atoms with Gasteiger partial charge in [0.1, 0.15) is 17.9 Å². The van der Waals surface area contributed by atoms with Crippen molar-refractivity contribution in [2.45, 2.75) is 26.4 Å². The second-order valence-electron chi connectivity index (χ2n) is 7.17. The summed E-state index contributed by atoms with van der Waals surface area (Å²) in [5.74, 6) is 1.31. The van der Waals surface area contributed by atoms with Crippen molar-refractivity contribution < 1.29 is 9.21 Å². The summed E-state index contributed by atoms with van der Waals surface area (Å²) in [7, 11) is 1.77. The lowest BCUT2D eigenvalue weighted by molar-refractivity contribution is -0.132. The van der Waals surface area contributed by atoms with Gasteiger partial charge in [-0.25, -0.2) is 0 Å². The van der Waals surface area contributed by atoms with Crippen LogP contribution in [0.5, 0.6) is 0 Å². The van der Waals surface area contributed by atoms with Crippen LogP contribution < -0.4 is 0 Å². The van der Waals surface area contributed by atoms with Gasteiger partial charge in [0.2, 0.25) is 5.91 Å². The summed E-state index contributed by atoms with van der Waals surface area (Å²) in [6, 6.07) is 17.6. The average molecular weight is 407 g/mol. The van der Waals surface area contributed by atoms with Crippen molar-refractivity contribution in [3.05, 3.63) is 70.7 Å². The lowest BCUT2D eigenvalue weighted by Gasteiger charge is -2.23. The second kappa shape index (κ2) is 7.67. The Morgan fingerprint density at radius 3 is 2.69 bits per heavy atom. The minimum absolute atomic E-state index is 0.0798. The Balaban J connectivity index is 1.57. The van der Waals surface area contributed by atoms with E-state index in [2.05, 4.69) is 10.2 Å². The van der Waals surface area contributed by atoms with Gasteiger partial charge < -0.3 is 9.32 Å². The van der Waals surface area contributed by atoms with E-state index in [1.807, 2.05) is 68.4 Å². The number of H-pyrrole nitrogens is 1. The average Bonchev–Trinajstić information content (AvgIpc) is 3.31. The zero-order valence-corrected chi connectivity index (χ0v) is 17.4. The molecule has 0 saturated carbocycles. The Bertz CT molecular complexity index is 1190. The summed E-state index contributed by atoms with van der Waals surface area (Å²) in [5, 5.41) is 8.14. The first kappa shape index (κ1) is 19.1. The first-order valence-electron chi connectivity index (χ1n) is 9.40. The van der Waals surface area contributed by atoms with E-state index in [4.69, 9.17) is 16.6 Å². The Morgan fingerprint density at radius 1 is 1.24 bits per heavy atom. The monoisotopic (exact) mass is 406 g/mol. The van der Waals surface area contributed by atoms with Gasteiger partial charge in [-0.05, 0) is 38.2 Å². The molecule has 0 aliphatic heterocycles. The Kier molecular flexibility index (Phi) is 5.07. The van der Waals surface area contributed by atoms with Crippen molar-refractivity contribution in [2.75, 3.05) is 7.05 Å². The van der Waals surface area contributed by atoms with E-state index < -0.39 is 0 Å². The van der Waals surface area contributed by atoms with E-state index in [1.54, 1.807) is 16.5 Å². The minimum atomic E-state index is -0.209. The summed E-state index contributed by atoms with van der Waals surface area (Å²) in [6.45, 7) is 4.07. The van der Waals surface area contributed by atoms with Gasteiger partial charge in [0.25, 0.3) is 0 Å². The number of aromatic nitrogens is 3. The van der Waals surface area contributed by atoms with Crippen molar-refractivity contribution in [1.82, 2.24) is 19.7 Å². The number of furan rings is 1. The Labute approximate surface area is 173 Å². The number of hydrogen-bond donors (Lipinski definition) is 1. The number of aromatic amines is 1. The van der Waals surface area contributed by atoms with Gasteiger partial charge in [-0.3, -0.25) is 14.5 Å². The van der Waals surface area contributed by atoms with Crippen LogP contribution in [0.1, 0.15) is 24.3 Å². The Hall–Kier alpha value is -3.19. The number of hydrogen-bond acceptors (Lipinski definition) is 4. The number of fused-ring (bicyclic) bond motifs is 1. The lowest BCUT2D eigenvalue weighted by atomic mass is 10.1. The molecular formula is C22H22N4O2S. The number of carbonyl (C=O) groups excluding carboxylic acids is 1. The van der Waals surface area contributed by atoms with E-state index >= 15 is 0 Å². The molecule has 1 amide bonds. The van der Waals surface area contributed by atoms with Crippen LogP contribution in [-0.4, -0.2) is 32.6 Å². The molecule has 6 nitrogen and oxygen atoms in total. The van der Waals surface area contributed by atoms with Gasteiger partial charge in [-0.1, -0.05) is 48.0 Å². The number of para-hydroxylation sites is 1. The van der Waals surface area contributed by atoms with Crippen LogP contribution >= 0.6 is 12.2 Å². The molecule has 4 rings (SSSR count). The molecule has 2 aromatic carbocycles. The Morgan fingerprint density at radius 2 is 1.97 bits per heavy atom. The largest absolute Gasteiger partial charge is 0.459 e. The third kappa shape index (κ3) is 3.73. The summed E-state index contributed by atoms with van der Waals surface area (Å²) in [4.78, 5) is 14.7. The van der Waals surface area contributed by atoms with Crippen LogP contribution in [0.15, 0.2) is 59.0 Å². The predicted octanol–water partition coefficient (Wildman–Crippen LogP) is 4.88. The third-order valence-corrected chi connectivity index (χ3v) is 5.50. The summed E-state index contributed by atoms with van der Waals surface area (Å²) >= 11 is 5.36. The van der Waals surface area contributed by atoms with Gasteiger partial charge in [0.05, 0.1) is 6.04 Å². The maximum Gasteiger partial charge on any atom is 0.243 e. The van der Waals surface area contributed by atoms with Crippen LogP contribution in [0.2, 0.25) is 0 Å². The molecule has 0 spiro atoms. The highest BCUT2D eigenvalue weighted by Crippen LogP contribution is 2.27. The fourth-order valence-corrected chi connectivity index (χ4v) is 3.45. The maximum atomic E-state index is 13.0. The summed E-state index contributed by atoms with van der Waals surface area (Å²) in [5.41, 5.74) is 2.88. The van der Waals surface area contributed by atoms with E-state index in [0.717, 1.165) is 27.9 Å². The highest BCUT2D eigenvalue weighted by Gasteiger charge is 2.22. The molecule has 0 aliphatic carbocycles. The molecule has 29 heavy (non-hydrogen) atoms. The SMILES string of the molecule is Cc1ccc(-c2n[nH]c(=S)n2CC(=O)N(C)C(C)c2cc3ccccc3o2)cc1. The number of likely N-dealkylation sites (N-methyl/N-ethyl adjacent to an activating group) is 1. The van der Waals surface area contributed by atoms with Crippen LogP contribution in [0.25, 0.3) is 22.4 Å². The van der Waals surface area contributed by atoms with Gasteiger partial charge in [-0.15, -0.1) is 0 Å². The topological polar surface area (TPSA) is 67.1 Å². The standard InChI is InChI=1S/C22H22N4O2S/c1-14-8-10-16(11-9-14)21-23-24-22(29)26(21)13-20(27)25(3)15(2)19-12-17-6-4-5-7-18(17)28-19/h4-12,15H,13H2,1-3H3,(H,24,29). The highest BCUT2D eigenvalue weighted by molar-refractivity contribution is 7.71. The molecule has 7 heteroatoms. The van der Waals surface area contributed by atoms with Crippen LogP contribution in [0.4, 0.5) is 0 Å². The quantitative estimate of drug-likeness (QED) is 0.480. The number of carbonyl (C=O) groups is 1. The predicted molar refractivity (Wildman–Crippen MR) is 115 cm³/mol. The summed E-state index contributed by atoms with van der Waals surface area (Å²) in [6.07, 6.45) is 0. The van der Waals surface area contributed by atoms with Crippen LogP contribution in [0, 0.1) is 11.7 Å². The van der Waals surface area contributed by atoms with Crippen molar-refractivity contribution >= 4 is 29.1 Å². The molecule has 0 fully saturated rings. The molecule has 1 unspecified atom stereocenters. The van der Waals surface area contributed by atoms with Crippen LogP contribution in [0.3, 0.4) is 0 Å². The van der Waals surface area contributed by atoms with E-state index in [0.29, 0.717) is 10.6 Å². The van der Waals surface area contributed by atoms with Crippen molar-refractivity contribution in [3.63, 3.8) is 0 Å². The molecule has 1 atom stereocenters. The number of nitrogens with zero attached hydrogens (tertiary/aromatic N) is 3. The number of aryl methyl sites for hydroxylation is 1. The highest BCUT2D eigenvalue weighted by atomic mass is 32.1. The molecule has 0 bridgehead atoms. The zero-order valence-electron chi connectivity index (χ0n) is 16.5.